The molecule has 23 heavy (non-hydrogen) atoms. The normalized spacial score (nSPS) is 10.2. The fourth-order valence-electron chi connectivity index (χ4n) is 2.04. The first-order valence-corrected chi connectivity index (χ1v) is 8.43. The van der Waals surface area contributed by atoms with Crippen molar-refractivity contribution < 1.29 is 14.3 Å². The Kier molecular flexibility index (Phi) is 6.35. The highest BCUT2D eigenvalue weighted by Crippen LogP contribution is 2.29. The van der Waals surface area contributed by atoms with Gasteiger partial charge in [-0.05, 0) is 24.6 Å². The summed E-state index contributed by atoms with van der Waals surface area (Å²) < 4.78 is 10.4. The second-order valence-electron chi connectivity index (χ2n) is 5.09. The van der Waals surface area contributed by atoms with Crippen molar-refractivity contribution in [2.24, 2.45) is 0 Å². The maximum atomic E-state index is 12.1. The van der Waals surface area contributed by atoms with Crippen LogP contribution in [0.25, 0.3) is 0 Å². The van der Waals surface area contributed by atoms with Gasteiger partial charge in [0.2, 0.25) is 5.91 Å². The van der Waals surface area contributed by atoms with Crippen LogP contribution in [0.3, 0.4) is 0 Å². The minimum Gasteiger partial charge on any atom is -0.497 e. The van der Waals surface area contributed by atoms with E-state index in [4.69, 9.17) is 9.47 Å². The Morgan fingerprint density at radius 1 is 1.09 bits per heavy atom. The van der Waals surface area contributed by atoms with Crippen LogP contribution in [0.2, 0.25) is 0 Å². The number of hydrogen-bond acceptors (Lipinski definition) is 4. The third kappa shape index (κ3) is 5.21. The molecular weight excluding hydrogens is 310 g/mol. The number of anilines is 1. The molecule has 0 unspecified atom stereocenters. The molecule has 122 valence electrons. The molecule has 2 rings (SSSR count). The van der Waals surface area contributed by atoms with Crippen LogP contribution < -0.4 is 14.8 Å². The van der Waals surface area contributed by atoms with Gasteiger partial charge >= 0.3 is 0 Å². The maximum absolute atomic E-state index is 12.1. The van der Waals surface area contributed by atoms with E-state index in [2.05, 4.69) is 36.5 Å². The van der Waals surface area contributed by atoms with Crippen LogP contribution >= 0.6 is 11.8 Å². The summed E-state index contributed by atoms with van der Waals surface area (Å²) >= 11 is 1.58. The van der Waals surface area contributed by atoms with Crippen LogP contribution in [0, 0.1) is 6.92 Å². The van der Waals surface area contributed by atoms with Gasteiger partial charge in [0.1, 0.15) is 11.5 Å². The Balaban J connectivity index is 1.88. The summed E-state index contributed by atoms with van der Waals surface area (Å²) in [5.41, 5.74) is 3.07. The van der Waals surface area contributed by atoms with Gasteiger partial charge in [0.15, 0.2) is 0 Å². The molecule has 0 aliphatic carbocycles. The SMILES string of the molecule is COc1ccc(OC)c(NC(=O)CSCc2ccc(C)cc2)c1. The van der Waals surface area contributed by atoms with Gasteiger partial charge in [-0.2, -0.15) is 0 Å². The molecule has 0 heterocycles. The van der Waals surface area contributed by atoms with E-state index < -0.39 is 0 Å². The van der Waals surface area contributed by atoms with Gasteiger partial charge < -0.3 is 14.8 Å². The summed E-state index contributed by atoms with van der Waals surface area (Å²) in [4.78, 5) is 12.1. The minimum atomic E-state index is -0.0614. The maximum Gasteiger partial charge on any atom is 0.234 e. The van der Waals surface area contributed by atoms with Crippen LogP contribution in [0.15, 0.2) is 42.5 Å². The molecule has 0 fully saturated rings. The van der Waals surface area contributed by atoms with Crippen LogP contribution in [0.1, 0.15) is 11.1 Å². The number of ether oxygens (including phenoxy) is 2. The number of nitrogens with one attached hydrogen (secondary N) is 1. The van der Waals surface area contributed by atoms with Gasteiger partial charge in [0.25, 0.3) is 0 Å². The van der Waals surface area contributed by atoms with E-state index in [-0.39, 0.29) is 5.91 Å². The lowest BCUT2D eigenvalue weighted by atomic mass is 10.2. The third-order valence-corrected chi connectivity index (χ3v) is 4.31. The second-order valence-corrected chi connectivity index (χ2v) is 6.08. The zero-order valence-corrected chi connectivity index (χ0v) is 14.4. The molecule has 0 spiro atoms. The van der Waals surface area contributed by atoms with Gasteiger partial charge in [-0.3, -0.25) is 4.79 Å². The van der Waals surface area contributed by atoms with Crippen LogP contribution in [0.5, 0.6) is 11.5 Å². The van der Waals surface area contributed by atoms with Crippen molar-refractivity contribution in [1.29, 1.82) is 0 Å². The van der Waals surface area contributed by atoms with E-state index in [1.807, 2.05) is 0 Å². The molecule has 0 atom stereocenters. The number of aryl methyl sites for hydroxylation is 1. The summed E-state index contributed by atoms with van der Waals surface area (Å²) in [5.74, 6) is 2.42. The van der Waals surface area contributed by atoms with Crippen LogP contribution in [-0.2, 0) is 10.5 Å². The van der Waals surface area contributed by atoms with Crippen molar-refractivity contribution in [3.05, 3.63) is 53.6 Å². The fraction of sp³-hybridized carbons (Fsp3) is 0.278. The van der Waals surface area contributed by atoms with Crippen molar-refractivity contribution in [3.63, 3.8) is 0 Å². The number of carbonyl (C=O) groups is 1. The molecule has 0 aliphatic rings. The molecule has 0 bridgehead atoms. The smallest absolute Gasteiger partial charge is 0.234 e. The molecule has 5 heteroatoms. The number of benzene rings is 2. The molecule has 0 aromatic heterocycles. The number of hydrogen-bond donors (Lipinski definition) is 1. The Morgan fingerprint density at radius 3 is 2.48 bits per heavy atom. The lowest BCUT2D eigenvalue weighted by molar-refractivity contribution is -0.113. The predicted octanol–water partition coefficient (Wildman–Crippen LogP) is 3.88. The molecule has 1 N–H and O–H groups in total. The molecule has 2 aromatic carbocycles. The molecule has 0 aliphatic heterocycles. The quantitative estimate of drug-likeness (QED) is 0.836. The molecule has 0 saturated carbocycles. The standard InChI is InChI=1S/C18H21NO3S/c1-13-4-6-14(7-5-13)11-23-12-18(20)19-16-10-15(21-2)8-9-17(16)22-3/h4-10H,11-12H2,1-3H3,(H,19,20). The first kappa shape index (κ1) is 17.2. The van der Waals surface area contributed by atoms with Crippen LogP contribution in [0.4, 0.5) is 5.69 Å². The summed E-state index contributed by atoms with van der Waals surface area (Å²) in [7, 11) is 3.16. The van der Waals surface area contributed by atoms with E-state index in [0.717, 1.165) is 5.75 Å². The molecule has 2 aromatic rings. The number of rotatable bonds is 7. The average Bonchev–Trinajstić information content (AvgIpc) is 2.56. The van der Waals surface area contributed by atoms with Gasteiger partial charge in [0.05, 0.1) is 25.7 Å². The number of methoxy groups -OCH3 is 2. The Bertz CT molecular complexity index is 656. The highest BCUT2D eigenvalue weighted by molar-refractivity contribution is 7.99. The first-order chi connectivity index (χ1) is 11.1. The van der Waals surface area contributed by atoms with Crippen molar-refractivity contribution in [1.82, 2.24) is 0 Å². The Morgan fingerprint density at radius 2 is 1.83 bits per heavy atom. The molecular formula is C18H21NO3S. The highest BCUT2D eigenvalue weighted by atomic mass is 32.2. The van der Waals surface area contributed by atoms with Gasteiger partial charge in [-0.1, -0.05) is 29.8 Å². The van der Waals surface area contributed by atoms with E-state index in [1.54, 1.807) is 44.2 Å². The van der Waals surface area contributed by atoms with Crippen LogP contribution in [-0.4, -0.2) is 25.9 Å². The molecule has 4 nitrogen and oxygen atoms in total. The lowest BCUT2D eigenvalue weighted by Gasteiger charge is -2.11. The van der Waals surface area contributed by atoms with Crippen molar-refractivity contribution in [2.45, 2.75) is 12.7 Å². The highest BCUT2D eigenvalue weighted by Gasteiger charge is 2.09. The minimum absolute atomic E-state index is 0.0614. The first-order valence-electron chi connectivity index (χ1n) is 7.27. The predicted molar refractivity (Wildman–Crippen MR) is 95.5 cm³/mol. The average molecular weight is 331 g/mol. The molecule has 0 saturated heterocycles. The van der Waals surface area contributed by atoms with Gasteiger partial charge in [-0.15, -0.1) is 11.8 Å². The molecule has 0 radical (unpaired) electrons. The summed E-state index contributed by atoms with van der Waals surface area (Å²) in [6, 6.07) is 13.7. The van der Waals surface area contributed by atoms with E-state index in [9.17, 15) is 4.79 Å². The monoisotopic (exact) mass is 331 g/mol. The number of carbonyl (C=O) groups excluding carboxylic acids is 1. The van der Waals surface area contributed by atoms with Gasteiger partial charge in [-0.25, -0.2) is 0 Å². The summed E-state index contributed by atoms with van der Waals surface area (Å²) in [6.07, 6.45) is 0. The Labute approximate surface area is 141 Å². The molecule has 1 amide bonds. The largest absolute Gasteiger partial charge is 0.497 e. The summed E-state index contributed by atoms with van der Waals surface area (Å²) in [6.45, 7) is 2.06. The second kappa shape index (κ2) is 8.48. The topological polar surface area (TPSA) is 47.6 Å². The van der Waals surface area contributed by atoms with Crippen molar-refractivity contribution in [2.75, 3.05) is 25.3 Å². The fourth-order valence-corrected chi connectivity index (χ4v) is 2.83. The van der Waals surface area contributed by atoms with Gasteiger partial charge in [0, 0.05) is 11.8 Å². The zero-order valence-electron chi connectivity index (χ0n) is 13.6. The summed E-state index contributed by atoms with van der Waals surface area (Å²) in [5, 5.41) is 2.87. The third-order valence-electron chi connectivity index (χ3n) is 3.30. The zero-order chi connectivity index (χ0) is 16.7. The lowest BCUT2D eigenvalue weighted by Crippen LogP contribution is -2.15. The van der Waals surface area contributed by atoms with E-state index in [1.165, 1.54) is 11.1 Å². The Hall–Kier alpha value is -2.14. The van der Waals surface area contributed by atoms with Crippen molar-refractivity contribution >= 4 is 23.4 Å². The van der Waals surface area contributed by atoms with E-state index >= 15 is 0 Å². The number of thioether (sulfide) groups is 1. The van der Waals surface area contributed by atoms with Crippen molar-refractivity contribution in [3.8, 4) is 11.5 Å². The number of amides is 1. The van der Waals surface area contributed by atoms with E-state index in [0.29, 0.717) is 22.9 Å².